The molecule has 30 heavy (non-hydrogen) atoms. The minimum absolute atomic E-state index is 0.0115. The van der Waals surface area contributed by atoms with Gasteiger partial charge in [-0.05, 0) is 80.8 Å². The summed E-state index contributed by atoms with van der Waals surface area (Å²) in [5.41, 5.74) is 2.67. The van der Waals surface area contributed by atoms with Crippen molar-refractivity contribution >= 4 is 5.91 Å². The van der Waals surface area contributed by atoms with E-state index in [9.17, 15) is 4.79 Å². The van der Waals surface area contributed by atoms with E-state index >= 15 is 0 Å². The van der Waals surface area contributed by atoms with E-state index in [0.717, 1.165) is 57.6 Å². The number of hydrogen-bond acceptors (Lipinski definition) is 4. The van der Waals surface area contributed by atoms with Gasteiger partial charge in [-0.25, -0.2) is 0 Å². The number of rotatable bonds is 2. The van der Waals surface area contributed by atoms with Crippen molar-refractivity contribution in [2.75, 3.05) is 19.6 Å². The molecular weight excluding hydrogens is 374 g/mol. The zero-order chi connectivity index (χ0) is 20.8. The number of carbonyl (C=O) groups excluding carboxylic acids is 1. The quantitative estimate of drug-likeness (QED) is 0.818. The molecule has 0 aliphatic carbocycles. The van der Waals surface area contributed by atoms with Crippen LogP contribution in [-0.2, 0) is 17.8 Å². The number of hydrogen-bond donors (Lipinski definition) is 1. The largest absolute Gasteiger partial charge is 0.481 e. The van der Waals surface area contributed by atoms with Crippen LogP contribution in [0.1, 0.15) is 50.2 Å². The van der Waals surface area contributed by atoms with Crippen molar-refractivity contribution < 1.29 is 9.53 Å². The van der Waals surface area contributed by atoms with Gasteiger partial charge in [0.05, 0.1) is 0 Å². The van der Waals surface area contributed by atoms with Gasteiger partial charge >= 0.3 is 0 Å². The molecule has 1 saturated heterocycles. The van der Waals surface area contributed by atoms with Crippen LogP contribution in [-0.4, -0.2) is 41.5 Å². The number of ether oxygens (including phenoxy) is 1. The third-order valence-electron chi connectivity index (χ3n) is 6.73. The summed E-state index contributed by atoms with van der Waals surface area (Å²) in [6.07, 6.45) is 10.1. The van der Waals surface area contributed by atoms with E-state index in [1.807, 2.05) is 37.5 Å². The predicted molar refractivity (Wildman–Crippen MR) is 118 cm³/mol. The minimum atomic E-state index is -0.478. The first-order valence-corrected chi connectivity index (χ1v) is 11.3. The summed E-state index contributed by atoms with van der Waals surface area (Å²) < 4.78 is 6.01. The van der Waals surface area contributed by atoms with E-state index < -0.39 is 6.10 Å². The molecule has 0 bridgehead atoms. The molecular formula is C25H33N3O2. The van der Waals surface area contributed by atoms with Crippen LogP contribution in [0.5, 0.6) is 5.75 Å². The minimum Gasteiger partial charge on any atom is -0.481 e. The third-order valence-corrected chi connectivity index (χ3v) is 6.73. The molecule has 5 heteroatoms. The molecule has 1 spiro atoms. The molecule has 0 saturated carbocycles. The van der Waals surface area contributed by atoms with Crippen LogP contribution in [0.25, 0.3) is 0 Å². The van der Waals surface area contributed by atoms with Gasteiger partial charge in [0, 0.05) is 25.5 Å². The number of nitrogens with zero attached hydrogens (tertiary/aromatic N) is 2. The zero-order valence-corrected chi connectivity index (χ0v) is 18.0. The summed E-state index contributed by atoms with van der Waals surface area (Å²) in [5.74, 6) is 0.835. The van der Waals surface area contributed by atoms with Crippen LogP contribution in [0.2, 0.25) is 0 Å². The van der Waals surface area contributed by atoms with E-state index in [2.05, 4.69) is 33.4 Å². The Morgan fingerprint density at radius 1 is 1.13 bits per heavy atom. The second kappa shape index (κ2) is 9.61. The maximum absolute atomic E-state index is 12.7. The molecule has 1 N–H and O–H groups in total. The number of piperidine rings is 1. The normalized spacial score (nSPS) is 22.8. The highest BCUT2D eigenvalue weighted by atomic mass is 16.5. The lowest BCUT2D eigenvalue weighted by molar-refractivity contribution is -0.128. The number of pyridine rings is 1. The number of likely N-dealkylation sites (tertiary alicyclic amines) is 1. The first kappa shape index (κ1) is 20.9. The lowest BCUT2D eigenvalue weighted by Crippen LogP contribution is -2.48. The number of fused-ring (bicyclic) bond motifs is 1. The Kier molecular flexibility index (Phi) is 6.68. The number of aryl methyl sites for hydroxylation is 1. The molecule has 1 amide bonds. The molecule has 160 valence electrons. The van der Waals surface area contributed by atoms with Gasteiger partial charge in [0.1, 0.15) is 5.75 Å². The van der Waals surface area contributed by atoms with Gasteiger partial charge in [-0.1, -0.05) is 30.7 Å². The number of nitrogens with one attached hydrogen (secondary N) is 1. The fourth-order valence-electron chi connectivity index (χ4n) is 4.75. The van der Waals surface area contributed by atoms with E-state index in [-0.39, 0.29) is 11.3 Å². The first-order valence-electron chi connectivity index (χ1n) is 11.3. The molecule has 2 aromatic rings. The number of benzene rings is 1. The van der Waals surface area contributed by atoms with Crippen LogP contribution in [0.4, 0.5) is 0 Å². The third kappa shape index (κ3) is 5.20. The molecule has 1 aromatic heterocycles. The van der Waals surface area contributed by atoms with Crippen molar-refractivity contribution in [3.63, 3.8) is 0 Å². The predicted octanol–water partition coefficient (Wildman–Crippen LogP) is 3.97. The fraction of sp³-hybridized carbons (Fsp3) is 0.520. The van der Waals surface area contributed by atoms with Crippen molar-refractivity contribution in [3.8, 4) is 5.75 Å². The molecule has 2 aliphatic rings. The fourth-order valence-corrected chi connectivity index (χ4v) is 4.75. The Labute approximate surface area is 179 Å². The van der Waals surface area contributed by atoms with Crippen molar-refractivity contribution in [2.45, 2.75) is 58.1 Å². The van der Waals surface area contributed by atoms with Crippen LogP contribution in [0.15, 0.2) is 48.8 Å². The molecule has 1 aromatic carbocycles. The first-order chi connectivity index (χ1) is 14.6. The average molecular weight is 408 g/mol. The average Bonchev–Trinajstić information content (AvgIpc) is 2.78. The van der Waals surface area contributed by atoms with Crippen molar-refractivity contribution in [2.24, 2.45) is 5.41 Å². The van der Waals surface area contributed by atoms with Crippen LogP contribution >= 0.6 is 0 Å². The Hall–Kier alpha value is -2.40. The Morgan fingerprint density at radius 2 is 1.97 bits per heavy atom. The highest BCUT2D eigenvalue weighted by Crippen LogP contribution is 2.37. The van der Waals surface area contributed by atoms with Crippen molar-refractivity contribution in [1.29, 1.82) is 0 Å². The molecule has 1 fully saturated rings. The topological polar surface area (TPSA) is 54.5 Å². The lowest BCUT2D eigenvalue weighted by atomic mass is 9.74. The summed E-state index contributed by atoms with van der Waals surface area (Å²) >= 11 is 0. The van der Waals surface area contributed by atoms with Gasteiger partial charge in [0.25, 0.3) is 5.91 Å². The van der Waals surface area contributed by atoms with Crippen molar-refractivity contribution in [1.82, 2.24) is 15.2 Å². The lowest BCUT2D eigenvalue weighted by Gasteiger charge is -2.42. The van der Waals surface area contributed by atoms with Gasteiger partial charge in [-0.3, -0.25) is 14.7 Å². The van der Waals surface area contributed by atoms with E-state index in [1.54, 1.807) is 0 Å². The van der Waals surface area contributed by atoms with Crippen LogP contribution in [0, 0.1) is 5.41 Å². The van der Waals surface area contributed by atoms with Gasteiger partial charge in [0.15, 0.2) is 6.10 Å². The Balaban J connectivity index is 1.40. The SMILES string of the molecule is C[C@H]1Oc2ccccc2CCCCC2(CCN(Cc3cccnc3)CC2)CNC1=O. The summed E-state index contributed by atoms with van der Waals surface area (Å²) in [7, 11) is 0. The smallest absolute Gasteiger partial charge is 0.260 e. The zero-order valence-electron chi connectivity index (χ0n) is 18.0. The monoisotopic (exact) mass is 407 g/mol. The Bertz CT molecular complexity index is 831. The molecule has 4 rings (SSSR count). The highest BCUT2D eigenvalue weighted by molar-refractivity contribution is 5.80. The number of carbonyl (C=O) groups is 1. The maximum Gasteiger partial charge on any atom is 0.260 e. The molecule has 5 nitrogen and oxygen atoms in total. The molecule has 2 aliphatic heterocycles. The Morgan fingerprint density at radius 3 is 2.77 bits per heavy atom. The maximum atomic E-state index is 12.7. The standard InChI is InChI=1S/C25H33N3O2/c1-20-24(29)27-19-25(11-5-4-9-22-8-2-3-10-23(22)30-20)12-15-28(16-13-25)18-21-7-6-14-26-17-21/h2-3,6-8,10,14,17,20H,4-5,9,11-13,15-16,18-19H2,1H3,(H,27,29)/t20-/m1/s1. The second-order valence-corrected chi connectivity index (χ2v) is 8.93. The molecule has 0 unspecified atom stereocenters. The molecule has 3 heterocycles. The summed E-state index contributed by atoms with van der Waals surface area (Å²) in [6.45, 7) is 5.69. The highest BCUT2D eigenvalue weighted by Gasteiger charge is 2.35. The van der Waals surface area contributed by atoms with Gasteiger partial charge < -0.3 is 10.1 Å². The number of aromatic nitrogens is 1. The van der Waals surface area contributed by atoms with Crippen LogP contribution in [0.3, 0.4) is 0 Å². The second-order valence-electron chi connectivity index (χ2n) is 8.93. The van der Waals surface area contributed by atoms with Crippen molar-refractivity contribution in [3.05, 3.63) is 59.9 Å². The van der Waals surface area contributed by atoms with Crippen LogP contribution < -0.4 is 10.1 Å². The summed E-state index contributed by atoms with van der Waals surface area (Å²) in [6, 6.07) is 12.3. The van der Waals surface area contributed by atoms with E-state index in [4.69, 9.17) is 4.74 Å². The number of para-hydroxylation sites is 1. The van der Waals surface area contributed by atoms with Gasteiger partial charge in [-0.15, -0.1) is 0 Å². The van der Waals surface area contributed by atoms with E-state index in [1.165, 1.54) is 24.0 Å². The molecule has 1 atom stereocenters. The van der Waals surface area contributed by atoms with Gasteiger partial charge in [0.2, 0.25) is 0 Å². The van der Waals surface area contributed by atoms with Gasteiger partial charge in [-0.2, -0.15) is 0 Å². The molecule has 0 radical (unpaired) electrons. The summed E-state index contributed by atoms with van der Waals surface area (Å²) in [4.78, 5) is 19.5. The number of amides is 1. The van der Waals surface area contributed by atoms with E-state index in [0.29, 0.717) is 0 Å². The summed E-state index contributed by atoms with van der Waals surface area (Å²) in [5, 5.41) is 3.21.